The molecule has 74 valence electrons. The Balaban J connectivity index is 0.000000980. The number of hydrogen-bond donors (Lipinski definition) is 1. The van der Waals surface area contributed by atoms with Gasteiger partial charge in [-0.05, 0) is 30.7 Å². The maximum Gasteiger partial charge on any atom is 0.127 e. The summed E-state index contributed by atoms with van der Waals surface area (Å²) < 4.78 is 1.02. The van der Waals surface area contributed by atoms with Crippen LogP contribution in [0.5, 0.6) is 0 Å². The molecule has 0 aliphatic carbocycles. The third kappa shape index (κ3) is 1.99. The molecule has 1 aromatic heterocycles. The summed E-state index contributed by atoms with van der Waals surface area (Å²) in [5, 5.41) is 1.12. The Hall–Kier alpha value is -0.800. The van der Waals surface area contributed by atoms with Gasteiger partial charge in [-0.25, -0.2) is 4.98 Å². The van der Waals surface area contributed by atoms with E-state index in [0.29, 0.717) is 5.82 Å². The molecule has 2 nitrogen and oxygen atoms in total. The van der Waals surface area contributed by atoms with E-state index < -0.39 is 0 Å². The van der Waals surface area contributed by atoms with Crippen LogP contribution in [0.3, 0.4) is 0 Å². The van der Waals surface area contributed by atoms with Crippen LogP contribution in [-0.4, -0.2) is 4.98 Å². The molecule has 0 spiro atoms. The van der Waals surface area contributed by atoms with Crippen molar-refractivity contribution < 1.29 is 0 Å². The van der Waals surface area contributed by atoms with Crippen molar-refractivity contribution in [1.29, 1.82) is 0 Å². The van der Waals surface area contributed by atoms with Gasteiger partial charge < -0.3 is 5.73 Å². The van der Waals surface area contributed by atoms with Gasteiger partial charge >= 0.3 is 0 Å². The molecule has 1 heterocycles. The van der Waals surface area contributed by atoms with Crippen molar-refractivity contribution >= 4 is 45.1 Å². The fraction of sp³-hybridized carbons (Fsp3) is 0.100. The van der Waals surface area contributed by atoms with Gasteiger partial charge in [0.25, 0.3) is 0 Å². The Morgan fingerprint density at radius 3 is 2.71 bits per heavy atom. The average molecular weight is 274 g/mol. The van der Waals surface area contributed by atoms with Crippen LogP contribution < -0.4 is 5.73 Å². The van der Waals surface area contributed by atoms with Crippen molar-refractivity contribution in [3.63, 3.8) is 0 Å². The van der Waals surface area contributed by atoms with Crippen LogP contribution in [0.15, 0.2) is 28.7 Å². The number of anilines is 1. The summed E-state index contributed by atoms with van der Waals surface area (Å²) in [6.45, 7) is 1.96. The number of nitrogens with two attached hydrogens (primary N) is 1. The lowest BCUT2D eigenvalue weighted by molar-refractivity contribution is 1.34. The lowest BCUT2D eigenvalue weighted by atomic mass is 10.1. The molecular weight excluding hydrogens is 263 g/mol. The number of fused-ring (bicyclic) bond motifs is 1. The van der Waals surface area contributed by atoms with E-state index in [-0.39, 0.29) is 12.4 Å². The van der Waals surface area contributed by atoms with E-state index in [4.69, 9.17) is 5.73 Å². The summed E-state index contributed by atoms with van der Waals surface area (Å²) in [6, 6.07) is 8.04. The zero-order valence-corrected chi connectivity index (χ0v) is 10.0. The van der Waals surface area contributed by atoms with Gasteiger partial charge in [0, 0.05) is 9.86 Å². The highest BCUT2D eigenvalue weighted by Crippen LogP contribution is 2.21. The highest BCUT2D eigenvalue weighted by Gasteiger charge is 1.99. The first kappa shape index (κ1) is 11.3. The number of pyridine rings is 1. The number of aryl methyl sites for hydroxylation is 1. The van der Waals surface area contributed by atoms with Gasteiger partial charge in [-0.2, -0.15) is 0 Å². The Morgan fingerprint density at radius 2 is 2.00 bits per heavy atom. The Bertz CT molecular complexity index is 471. The van der Waals surface area contributed by atoms with Crippen molar-refractivity contribution in [1.82, 2.24) is 4.98 Å². The molecule has 0 saturated carbocycles. The minimum atomic E-state index is 0. The van der Waals surface area contributed by atoms with Crippen molar-refractivity contribution in [2.24, 2.45) is 0 Å². The number of hydrogen-bond acceptors (Lipinski definition) is 2. The van der Waals surface area contributed by atoms with E-state index in [2.05, 4.69) is 20.9 Å². The molecule has 1 aromatic carbocycles. The van der Waals surface area contributed by atoms with E-state index in [1.54, 1.807) is 0 Å². The van der Waals surface area contributed by atoms with E-state index in [0.717, 1.165) is 20.9 Å². The molecule has 2 aromatic rings. The third-order valence-electron chi connectivity index (χ3n) is 2.01. The minimum Gasteiger partial charge on any atom is -0.383 e. The molecule has 0 fully saturated rings. The predicted molar refractivity (Wildman–Crippen MR) is 65.8 cm³/mol. The van der Waals surface area contributed by atoms with Crippen molar-refractivity contribution in [3.05, 3.63) is 34.3 Å². The van der Waals surface area contributed by atoms with Crippen molar-refractivity contribution in [2.45, 2.75) is 6.92 Å². The van der Waals surface area contributed by atoms with Crippen LogP contribution in [0.2, 0.25) is 0 Å². The molecule has 0 bridgehead atoms. The Kier molecular flexibility index (Phi) is 3.34. The molecule has 0 unspecified atom stereocenters. The van der Waals surface area contributed by atoms with E-state index in [1.807, 2.05) is 31.2 Å². The van der Waals surface area contributed by atoms with Gasteiger partial charge in [0.05, 0.1) is 5.52 Å². The van der Waals surface area contributed by atoms with Crippen LogP contribution in [0.1, 0.15) is 5.56 Å². The second kappa shape index (κ2) is 4.15. The van der Waals surface area contributed by atoms with Crippen molar-refractivity contribution in [2.75, 3.05) is 5.73 Å². The van der Waals surface area contributed by atoms with Gasteiger partial charge in [-0.1, -0.05) is 22.0 Å². The molecule has 0 saturated heterocycles. The third-order valence-corrected chi connectivity index (χ3v) is 2.50. The van der Waals surface area contributed by atoms with Crippen LogP contribution in [0.25, 0.3) is 10.9 Å². The molecule has 0 aliphatic rings. The van der Waals surface area contributed by atoms with Gasteiger partial charge in [-0.3, -0.25) is 0 Å². The first-order chi connectivity index (χ1) is 6.16. The van der Waals surface area contributed by atoms with E-state index in [9.17, 15) is 0 Å². The number of nitrogen functional groups attached to an aromatic ring is 1. The summed E-state index contributed by atoms with van der Waals surface area (Å²) in [5.74, 6) is 0.602. The Labute approximate surface area is 97.1 Å². The summed E-state index contributed by atoms with van der Waals surface area (Å²) in [6.07, 6.45) is 0. The summed E-state index contributed by atoms with van der Waals surface area (Å²) in [4.78, 5) is 4.28. The summed E-state index contributed by atoms with van der Waals surface area (Å²) in [7, 11) is 0. The maximum absolute atomic E-state index is 5.71. The lowest BCUT2D eigenvalue weighted by Gasteiger charge is -2.02. The highest BCUT2D eigenvalue weighted by molar-refractivity contribution is 9.10. The first-order valence-electron chi connectivity index (χ1n) is 3.99. The summed E-state index contributed by atoms with van der Waals surface area (Å²) >= 11 is 3.39. The number of halogens is 2. The molecule has 14 heavy (non-hydrogen) atoms. The summed E-state index contributed by atoms with van der Waals surface area (Å²) in [5.41, 5.74) is 7.66. The van der Waals surface area contributed by atoms with Gasteiger partial charge in [0.1, 0.15) is 5.82 Å². The molecule has 0 atom stereocenters. The maximum atomic E-state index is 5.71. The number of aromatic nitrogens is 1. The molecule has 0 amide bonds. The zero-order valence-electron chi connectivity index (χ0n) is 7.62. The standard InChI is InChI=1S/C10H9BrN2.ClH/c1-6-4-7-2-3-8(11)5-9(7)13-10(6)12;/h2-5H,1H3,(H2,12,13);1H. The second-order valence-corrected chi connectivity index (χ2v) is 3.94. The van der Waals surface area contributed by atoms with Gasteiger partial charge in [0.2, 0.25) is 0 Å². The quantitative estimate of drug-likeness (QED) is 0.800. The normalized spacial score (nSPS) is 9.86. The fourth-order valence-electron chi connectivity index (χ4n) is 1.26. The Morgan fingerprint density at radius 1 is 1.29 bits per heavy atom. The monoisotopic (exact) mass is 272 g/mol. The van der Waals surface area contributed by atoms with Crippen LogP contribution in [-0.2, 0) is 0 Å². The molecule has 2 rings (SSSR count). The van der Waals surface area contributed by atoms with E-state index in [1.165, 1.54) is 0 Å². The average Bonchev–Trinajstić information content (AvgIpc) is 2.08. The first-order valence-corrected chi connectivity index (χ1v) is 4.78. The van der Waals surface area contributed by atoms with Crippen molar-refractivity contribution in [3.8, 4) is 0 Å². The molecule has 0 radical (unpaired) electrons. The largest absolute Gasteiger partial charge is 0.383 e. The molecule has 2 N–H and O–H groups in total. The zero-order chi connectivity index (χ0) is 9.42. The van der Waals surface area contributed by atoms with Gasteiger partial charge in [-0.15, -0.1) is 12.4 Å². The van der Waals surface area contributed by atoms with Crippen LogP contribution in [0.4, 0.5) is 5.82 Å². The smallest absolute Gasteiger partial charge is 0.127 e. The minimum absolute atomic E-state index is 0. The lowest BCUT2D eigenvalue weighted by Crippen LogP contribution is -1.93. The van der Waals surface area contributed by atoms with Crippen LogP contribution >= 0.6 is 28.3 Å². The SMILES string of the molecule is Cc1cc2ccc(Br)cc2nc1N.Cl. The highest BCUT2D eigenvalue weighted by atomic mass is 79.9. The topological polar surface area (TPSA) is 38.9 Å². The fourth-order valence-corrected chi connectivity index (χ4v) is 1.61. The van der Waals surface area contributed by atoms with Crippen LogP contribution in [0, 0.1) is 6.92 Å². The van der Waals surface area contributed by atoms with E-state index >= 15 is 0 Å². The molecule has 0 aliphatic heterocycles. The van der Waals surface area contributed by atoms with Gasteiger partial charge in [0.15, 0.2) is 0 Å². The molecule has 4 heteroatoms. The molecular formula is C10H10BrClN2. The second-order valence-electron chi connectivity index (χ2n) is 3.03. The number of nitrogens with zero attached hydrogens (tertiary/aromatic N) is 1. The number of benzene rings is 1. The predicted octanol–water partition coefficient (Wildman–Crippen LogP) is 3.31. The number of rotatable bonds is 0.